The minimum atomic E-state index is -0.914. The summed E-state index contributed by atoms with van der Waals surface area (Å²) >= 11 is 7.14. The molecule has 2 nitrogen and oxygen atoms in total. The third-order valence-electron chi connectivity index (χ3n) is 2.34. The maximum atomic E-state index is 9.75. The lowest BCUT2D eigenvalue weighted by Gasteiger charge is -2.15. The molecule has 1 aromatic heterocycles. The van der Waals surface area contributed by atoms with Crippen molar-refractivity contribution in [1.29, 1.82) is 0 Å². The highest BCUT2D eigenvalue weighted by Crippen LogP contribution is 2.26. The predicted molar refractivity (Wildman–Crippen MR) is 63.5 cm³/mol. The fourth-order valence-electron chi connectivity index (χ4n) is 1.48. The van der Waals surface area contributed by atoms with Crippen molar-refractivity contribution in [1.82, 2.24) is 0 Å². The van der Waals surface area contributed by atoms with Crippen LogP contribution in [0.2, 0.25) is 0 Å². The molecule has 2 rings (SSSR count). The number of hydrogen-bond donors (Lipinski definition) is 2. The van der Waals surface area contributed by atoms with E-state index < -0.39 is 12.2 Å². The van der Waals surface area contributed by atoms with Gasteiger partial charge in [0.1, 0.15) is 6.10 Å². The molecule has 4 heteroatoms. The van der Waals surface area contributed by atoms with Crippen molar-refractivity contribution >= 4 is 33.0 Å². The van der Waals surface area contributed by atoms with Crippen LogP contribution in [0.3, 0.4) is 0 Å². The van der Waals surface area contributed by atoms with E-state index in [0.717, 1.165) is 5.39 Å². The van der Waals surface area contributed by atoms with Gasteiger partial charge in [-0.3, -0.25) is 0 Å². The second kappa shape index (κ2) is 4.49. The van der Waals surface area contributed by atoms with Gasteiger partial charge >= 0.3 is 0 Å². The lowest BCUT2D eigenvalue weighted by molar-refractivity contribution is 0.0328. The molecule has 0 aliphatic carbocycles. The Morgan fingerprint density at radius 1 is 1.27 bits per heavy atom. The first-order chi connectivity index (χ1) is 7.22. The minimum Gasteiger partial charge on any atom is -0.389 e. The van der Waals surface area contributed by atoms with E-state index in [4.69, 9.17) is 11.6 Å². The summed E-state index contributed by atoms with van der Waals surface area (Å²) in [4.78, 5) is 0. The molecular weight excluding hydrogens is 232 g/mol. The van der Waals surface area contributed by atoms with E-state index >= 15 is 0 Å². The molecule has 0 aliphatic heterocycles. The molecule has 0 spiro atoms. The normalized spacial score (nSPS) is 15.4. The molecule has 0 bridgehead atoms. The zero-order chi connectivity index (χ0) is 10.8. The fourth-order valence-corrected chi connectivity index (χ4v) is 2.42. The van der Waals surface area contributed by atoms with Gasteiger partial charge in [-0.05, 0) is 34.5 Å². The van der Waals surface area contributed by atoms with Crippen LogP contribution in [0, 0.1) is 0 Å². The number of alkyl halides is 1. The van der Waals surface area contributed by atoms with Gasteiger partial charge in [0.2, 0.25) is 0 Å². The van der Waals surface area contributed by atoms with E-state index in [1.54, 1.807) is 11.3 Å². The molecule has 0 aliphatic rings. The van der Waals surface area contributed by atoms with Gasteiger partial charge < -0.3 is 10.2 Å². The van der Waals surface area contributed by atoms with Gasteiger partial charge in [0.15, 0.2) is 0 Å². The van der Waals surface area contributed by atoms with Crippen LogP contribution in [0.4, 0.5) is 0 Å². The Bertz CT molecular complexity index is 455. The first kappa shape index (κ1) is 10.9. The topological polar surface area (TPSA) is 40.5 Å². The van der Waals surface area contributed by atoms with Crippen molar-refractivity contribution in [2.24, 2.45) is 0 Å². The van der Waals surface area contributed by atoms with Gasteiger partial charge in [0.25, 0.3) is 0 Å². The molecule has 1 heterocycles. The van der Waals surface area contributed by atoms with E-state index in [2.05, 4.69) is 0 Å². The number of benzene rings is 1. The number of aliphatic hydroxyl groups is 2. The standard InChI is InChI=1S/C11H11ClO2S/c12-6-9(13)11(14)8-1-2-10-7(5-8)3-4-15-10/h1-5,9,11,13-14H,6H2. The Hall–Kier alpha value is -0.610. The van der Waals surface area contributed by atoms with Crippen LogP contribution in [-0.4, -0.2) is 22.2 Å². The Labute approximate surface area is 96.7 Å². The van der Waals surface area contributed by atoms with E-state index in [9.17, 15) is 10.2 Å². The second-order valence-electron chi connectivity index (χ2n) is 3.38. The van der Waals surface area contributed by atoms with Gasteiger partial charge in [-0.1, -0.05) is 6.07 Å². The Morgan fingerprint density at radius 3 is 2.80 bits per heavy atom. The third-order valence-corrected chi connectivity index (χ3v) is 3.55. The van der Waals surface area contributed by atoms with Crippen LogP contribution in [0.15, 0.2) is 29.6 Å². The molecule has 0 amide bonds. The van der Waals surface area contributed by atoms with Gasteiger partial charge in [-0.2, -0.15) is 0 Å². The first-order valence-electron chi connectivity index (χ1n) is 4.61. The number of hydrogen-bond acceptors (Lipinski definition) is 3. The molecule has 15 heavy (non-hydrogen) atoms. The first-order valence-corrected chi connectivity index (χ1v) is 6.03. The van der Waals surface area contributed by atoms with Crippen LogP contribution < -0.4 is 0 Å². The van der Waals surface area contributed by atoms with Crippen LogP contribution in [0.25, 0.3) is 10.1 Å². The molecule has 0 saturated carbocycles. The molecule has 1 aromatic carbocycles. The van der Waals surface area contributed by atoms with Gasteiger partial charge in [-0.15, -0.1) is 22.9 Å². The minimum absolute atomic E-state index is 0.0306. The van der Waals surface area contributed by atoms with Crippen molar-refractivity contribution in [2.75, 3.05) is 5.88 Å². The summed E-state index contributed by atoms with van der Waals surface area (Å²) in [5, 5.41) is 22.3. The monoisotopic (exact) mass is 242 g/mol. The molecule has 0 radical (unpaired) electrons. The number of fused-ring (bicyclic) bond motifs is 1. The smallest absolute Gasteiger partial charge is 0.106 e. The van der Waals surface area contributed by atoms with Gasteiger partial charge in [0.05, 0.1) is 12.0 Å². The zero-order valence-electron chi connectivity index (χ0n) is 7.93. The highest BCUT2D eigenvalue weighted by molar-refractivity contribution is 7.17. The molecule has 80 valence electrons. The van der Waals surface area contributed by atoms with E-state index in [1.807, 2.05) is 29.6 Å². The van der Waals surface area contributed by atoms with Crippen molar-refractivity contribution < 1.29 is 10.2 Å². The molecule has 2 atom stereocenters. The van der Waals surface area contributed by atoms with Crippen LogP contribution in [0.5, 0.6) is 0 Å². The quantitative estimate of drug-likeness (QED) is 0.812. The lowest BCUT2D eigenvalue weighted by Crippen LogP contribution is -2.19. The maximum Gasteiger partial charge on any atom is 0.106 e. The molecule has 0 fully saturated rings. The Morgan fingerprint density at radius 2 is 2.07 bits per heavy atom. The summed E-state index contributed by atoms with van der Waals surface area (Å²) in [7, 11) is 0. The van der Waals surface area contributed by atoms with Gasteiger partial charge in [-0.25, -0.2) is 0 Å². The maximum absolute atomic E-state index is 9.75. The third kappa shape index (κ3) is 2.16. The Kier molecular flexibility index (Phi) is 3.26. The molecular formula is C11H11ClO2S. The number of rotatable bonds is 3. The van der Waals surface area contributed by atoms with Crippen LogP contribution in [0.1, 0.15) is 11.7 Å². The van der Waals surface area contributed by atoms with E-state index in [0.29, 0.717) is 5.56 Å². The number of thiophene rings is 1. The van der Waals surface area contributed by atoms with Crippen molar-refractivity contribution in [3.05, 3.63) is 35.2 Å². The summed E-state index contributed by atoms with van der Waals surface area (Å²) in [6.07, 6.45) is -1.82. The molecule has 2 N–H and O–H groups in total. The van der Waals surface area contributed by atoms with Crippen LogP contribution >= 0.6 is 22.9 Å². The average molecular weight is 243 g/mol. The molecule has 2 aromatic rings. The largest absolute Gasteiger partial charge is 0.389 e. The summed E-state index contributed by atoms with van der Waals surface area (Å²) < 4.78 is 1.17. The molecule has 2 unspecified atom stereocenters. The summed E-state index contributed by atoms with van der Waals surface area (Å²) in [5.74, 6) is 0.0306. The highest BCUT2D eigenvalue weighted by Gasteiger charge is 2.17. The van der Waals surface area contributed by atoms with Crippen LogP contribution in [-0.2, 0) is 0 Å². The fraction of sp³-hybridized carbons (Fsp3) is 0.273. The SMILES string of the molecule is OC(CCl)C(O)c1ccc2sccc2c1. The average Bonchev–Trinajstić information content (AvgIpc) is 2.73. The van der Waals surface area contributed by atoms with Gasteiger partial charge in [0, 0.05) is 4.70 Å². The summed E-state index contributed by atoms with van der Waals surface area (Å²) in [6.45, 7) is 0. The highest BCUT2D eigenvalue weighted by atomic mass is 35.5. The number of halogens is 1. The molecule has 0 saturated heterocycles. The zero-order valence-corrected chi connectivity index (χ0v) is 9.50. The summed E-state index contributed by atoms with van der Waals surface area (Å²) in [6, 6.07) is 7.63. The van der Waals surface area contributed by atoms with Crippen molar-refractivity contribution in [3.63, 3.8) is 0 Å². The predicted octanol–water partition coefficient (Wildman–Crippen LogP) is 2.53. The van der Waals surface area contributed by atoms with E-state index in [-0.39, 0.29) is 5.88 Å². The second-order valence-corrected chi connectivity index (χ2v) is 4.64. The summed E-state index contributed by atoms with van der Waals surface area (Å²) in [5.41, 5.74) is 0.703. The Balaban J connectivity index is 2.35. The van der Waals surface area contributed by atoms with Crippen molar-refractivity contribution in [3.8, 4) is 0 Å². The van der Waals surface area contributed by atoms with Crippen molar-refractivity contribution in [2.45, 2.75) is 12.2 Å². The van der Waals surface area contributed by atoms with E-state index in [1.165, 1.54) is 4.70 Å². The number of aliphatic hydroxyl groups excluding tert-OH is 2. The lowest BCUT2D eigenvalue weighted by atomic mass is 10.0.